The topological polar surface area (TPSA) is 60.4 Å². The third kappa shape index (κ3) is 1.80. The minimum absolute atomic E-state index is 0.0990. The van der Waals surface area contributed by atoms with Crippen molar-refractivity contribution >= 4 is 26.2 Å². The molecule has 1 aliphatic rings. The number of aromatic nitrogens is 1. The van der Waals surface area contributed by atoms with E-state index in [4.69, 9.17) is 5.73 Å². The molecule has 1 aliphatic carbocycles. The summed E-state index contributed by atoms with van der Waals surface area (Å²) in [5.41, 5.74) is 7.65. The fraction of sp³-hybridized carbons (Fsp3) is 0.455. The molecule has 0 bridgehead atoms. The van der Waals surface area contributed by atoms with E-state index in [1.807, 2.05) is 13.0 Å². The number of halogens is 1. The molecule has 1 heterocycles. The highest BCUT2D eigenvalue weighted by molar-refractivity contribution is 9.18. The number of nitrogen functional groups attached to an aromatic ring is 1. The van der Waals surface area contributed by atoms with Gasteiger partial charge < -0.3 is 10.3 Å². The fourth-order valence-corrected chi connectivity index (χ4v) is 2.17. The van der Waals surface area contributed by atoms with Gasteiger partial charge in [-0.2, -0.15) is 0 Å². The lowest BCUT2D eigenvalue weighted by atomic mass is 10.2. The van der Waals surface area contributed by atoms with Crippen molar-refractivity contribution in [2.45, 2.75) is 25.8 Å². The third-order valence-corrected chi connectivity index (χ3v) is 3.58. The van der Waals surface area contributed by atoms with E-state index in [0.29, 0.717) is 16.2 Å². The number of aryl methyl sites for hydroxylation is 1. The van der Waals surface area contributed by atoms with Crippen LogP contribution >= 0.6 is 15.9 Å². The Morgan fingerprint density at radius 1 is 1.62 bits per heavy atom. The second-order valence-electron chi connectivity index (χ2n) is 4.03. The number of hydrogen-bond acceptors (Lipinski definition) is 3. The largest absolute Gasteiger partial charge is 0.394 e. The van der Waals surface area contributed by atoms with Crippen LogP contribution in [0.2, 0.25) is 0 Å². The average Bonchev–Trinajstić information content (AvgIpc) is 3.06. The molecule has 0 radical (unpaired) electrons. The van der Waals surface area contributed by atoms with Crippen LogP contribution in [-0.4, -0.2) is 16.2 Å². The van der Waals surface area contributed by atoms with Crippen LogP contribution in [0, 0.1) is 6.92 Å². The van der Waals surface area contributed by atoms with Gasteiger partial charge in [0.05, 0.1) is 0 Å². The van der Waals surface area contributed by atoms with E-state index in [0.717, 1.165) is 18.5 Å². The normalized spacial score (nSPS) is 16.6. The Labute approximate surface area is 102 Å². The Morgan fingerprint density at radius 2 is 2.25 bits per heavy atom. The first-order valence-electron chi connectivity index (χ1n) is 5.20. The van der Waals surface area contributed by atoms with Crippen molar-refractivity contribution in [2.24, 2.45) is 4.99 Å². The van der Waals surface area contributed by atoms with E-state index in [9.17, 15) is 4.79 Å². The Hall–Kier alpha value is -1.10. The Balaban J connectivity index is 2.65. The van der Waals surface area contributed by atoms with Gasteiger partial charge in [-0.05, 0) is 41.8 Å². The number of nitrogens with two attached hydrogens (primary N) is 1. The molecule has 1 saturated carbocycles. The molecule has 0 unspecified atom stereocenters. The van der Waals surface area contributed by atoms with E-state index in [1.165, 1.54) is 0 Å². The van der Waals surface area contributed by atoms with E-state index in [-0.39, 0.29) is 11.2 Å². The molecule has 2 N–H and O–H groups in total. The first kappa shape index (κ1) is 11.4. The highest BCUT2D eigenvalue weighted by atomic mass is 79.9. The summed E-state index contributed by atoms with van der Waals surface area (Å²) in [6.07, 6.45) is 2.14. The Morgan fingerprint density at radius 3 is 2.75 bits per heavy atom. The van der Waals surface area contributed by atoms with Crippen LogP contribution in [0.4, 0.5) is 5.69 Å². The molecule has 5 heteroatoms. The van der Waals surface area contributed by atoms with Crippen LogP contribution < -0.4 is 11.3 Å². The Kier molecular flexibility index (Phi) is 2.88. The minimum Gasteiger partial charge on any atom is -0.394 e. The molecule has 0 amide bonds. The summed E-state index contributed by atoms with van der Waals surface area (Å²) in [4.78, 5) is 16.1. The molecule has 86 valence electrons. The van der Waals surface area contributed by atoms with Crippen molar-refractivity contribution in [3.8, 4) is 0 Å². The van der Waals surface area contributed by atoms with E-state index in [1.54, 1.807) is 11.6 Å². The molecule has 2 rings (SSSR count). The minimum atomic E-state index is -0.0990. The Bertz CT molecular complexity index is 515. The molecule has 1 fully saturated rings. The first-order valence-corrected chi connectivity index (χ1v) is 5.99. The number of nitrogens with zero attached hydrogens (tertiary/aromatic N) is 2. The summed E-state index contributed by atoms with van der Waals surface area (Å²) >= 11 is 3.30. The lowest BCUT2D eigenvalue weighted by Gasteiger charge is -2.12. The molecule has 0 saturated heterocycles. The zero-order chi connectivity index (χ0) is 11.9. The molecule has 0 aliphatic heterocycles. The van der Waals surface area contributed by atoms with Crippen LogP contribution in [0.1, 0.15) is 30.1 Å². The predicted octanol–water partition coefficient (Wildman–Crippen LogP) is 1.85. The van der Waals surface area contributed by atoms with Crippen molar-refractivity contribution in [3.63, 3.8) is 0 Å². The lowest BCUT2D eigenvalue weighted by Crippen LogP contribution is -2.26. The first-order chi connectivity index (χ1) is 7.56. The fourth-order valence-electron chi connectivity index (χ4n) is 1.84. The molecule has 4 nitrogen and oxygen atoms in total. The van der Waals surface area contributed by atoms with Gasteiger partial charge in [0.15, 0.2) is 0 Å². The van der Waals surface area contributed by atoms with E-state index in [2.05, 4.69) is 20.9 Å². The predicted molar refractivity (Wildman–Crippen MR) is 69.5 cm³/mol. The zero-order valence-corrected chi connectivity index (χ0v) is 10.9. The van der Waals surface area contributed by atoms with Crippen LogP contribution in [0.3, 0.4) is 0 Å². The zero-order valence-electron chi connectivity index (χ0n) is 9.33. The number of pyridine rings is 1. The van der Waals surface area contributed by atoms with Gasteiger partial charge in [-0.1, -0.05) is 0 Å². The van der Waals surface area contributed by atoms with Crippen molar-refractivity contribution in [1.82, 2.24) is 4.57 Å². The van der Waals surface area contributed by atoms with Gasteiger partial charge in [-0.25, -0.2) is 0 Å². The number of anilines is 1. The molecule has 0 atom stereocenters. The maximum Gasteiger partial charge on any atom is 0.274 e. The van der Waals surface area contributed by atoms with Crippen molar-refractivity contribution in [2.75, 3.05) is 12.8 Å². The molecule has 1 aromatic rings. The second kappa shape index (κ2) is 4.05. The quantitative estimate of drug-likeness (QED) is 0.842. The van der Waals surface area contributed by atoms with E-state index >= 15 is 0 Å². The highest BCUT2D eigenvalue weighted by Crippen LogP contribution is 2.35. The maximum absolute atomic E-state index is 12.1. The summed E-state index contributed by atoms with van der Waals surface area (Å²) in [6, 6.07) is 2.26. The van der Waals surface area contributed by atoms with Crippen LogP contribution in [0.25, 0.3) is 0 Å². The number of aliphatic imine (C=N–C) groups is 1. The van der Waals surface area contributed by atoms with Crippen LogP contribution in [0.15, 0.2) is 15.9 Å². The van der Waals surface area contributed by atoms with Crippen molar-refractivity contribution < 1.29 is 0 Å². The van der Waals surface area contributed by atoms with Gasteiger partial charge >= 0.3 is 0 Å². The highest BCUT2D eigenvalue weighted by Gasteiger charge is 2.27. The van der Waals surface area contributed by atoms with Gasteiger partial charge in [0.2, 0.25) is 0 Å². The average molecular weight is 284 g/mol. The van der Waals surface area contributed by atoms with Gasteiger partial charge in [0.1, 0.15) is 10.3 Å². The van der Waals surface area contributed by atoms with Gasteiger partial charge in [0.25, 0.3) is 5.56 Å². The number of rotatable bonds is 2. The summed E-state index contributed by atoms with van der Waals surface area (Å²) in [5, 5.41) is 0. The van der Waals surface area contributed by atoms with Gasteiger partial charge in [-0.3, -0.25) is 9.79 Å². The summed E-state index contributed by atoms with van der Waals surface area (Å²) in [7, 11) is 1.66. The van der Waals surface area contributed by atoms with Crippen LogP contribution in [0.5, 0.6) is 0 Å². The molecule has 16 heavy (non-hydrogen) atoms. The van der Waals surface area contributed by atoms with Crippen LogP contribution in [-0.2, 0) is 0 Å². The molecule has 1 aromatic heterocycles. The molecule has 0 spiro atoms. The molecular formula is C11H14BrN3O. The summed E-state index contributed by atoms with van der Waals surface area (Å²) in [5.74, 6) is 0. The maximum atomic E-state index is 12.1. The van der Waals surface area contributed by atoms with E-state index < -0.39 is 0 Å². The smallest absolute Gasteiger partial charge is 0.274 e. The van der Waals surface area contributed by atoms with Gasteiger partial charge in [0, 0.05) is 24.3 Å². The summed E-state index contributed by atoms with van der Waals surface area (Å²) < 4.78 is 2.41. The third-order valence-electron chi connectivity index (χ3n) is 2.80. The lowest BCUT2D eigenvalue weighted by molar-refractivity contribution is 0.684. The second-order valence-corrected chi connectivity index (χ2v) is 4.78. The summed E-state index contributed by atoms with van der Waals surface area (Å²) in [6.45, 7) is 1.93. The van der Waals surface area contributed by atoms with Gasteiger partial charge in [-0.15, -0.1) is 0 Å². The molecular weight excluding hydrogens is 270 g/mol. The number of hydrogen-bond donors (Lipinski definition) is 1. The standard InChI is InChI=1S/C11H14BrN3O/c1-6-5-8(10(12)14-2)9(13)11(16)15(6)7-3-4-7/h5,7H,3-4,13H2,1-2H3. The van der Waals surface area contributed by atoms with Crippen molar-refractivity contribution in [3.05, 3.63) is 27.7 Å². The van der Waals surface area contributed by atoms with Crippen molar-refractivity contribution in [1.29, 1.82) is 0 Å². The SMILES string of the molecule is CN=C(Br)c1cc(C)n(C2CC2)c(=O)c1N. The monoisotopic (exact) mass is 283 g/mol. The molecule has 0 aromatic carbocycles.